The van der Waals surface area contributed by atoms with Crippen LogP contribution in [0.1, 0.15) is 16.1 Å². The van der Waals surface area contributed by atoms with E-state index in [2.05, 4.69) is 9.51 Å². The average Bonchev–Trinajstić information content (AvgIpc) is 2.10. The van der Waals surface area contributed by atoms with Gasteiger partial charge in [-0.05, 0) is 6.92 Å². The molecule has 1 heterocycles. The van der Waals surface area contributed by atoms with Crippen molar-refractivity contribution in [1.82, 2.24) is 4.98 Å². The maximum Gasteiger partial charge on any atom is 0.524 e. The maximum atomic E-state index is 10.6. The van der Waals surface area contributed by atoms with Crippen molar-refractivity contribution in [3.63, 3.8) is 0 Å². The number of aromatic nitrogens is 1. The molecule has 1 rings (SSSR count). The van der Waals surface area contributed by atoms with Crippen molar-refractivity contribution in [3.05, 3.63) is 17.5 Å². The van der Waals surface area contributed by atoms with E-state index >= 15 is 0 Å². The fourth-order valence-corrected chi connectivity index (χ4v) is 1.31. The Morgan fingerprint density at radius 1 is 1.53 bits per heavy atom. The Hall–Kier alpha value is -1.43. The molecule has 7 nitrogen and oxygen atoms in total. The van der Waals surface area contributed by atoms with Crippen molar-refractivity contribution in [3.8, 4) is 11.5 Å². The molecule has 0 atom stereocenters. The Balaban J connectivity index is 3.25. The molecule has 0 amide bonds. The van der Waals surface area contributed by atoms with Crippen LogP contribution in [0.2, 0.25) is 0 Å². The van der Waals surface area contributed by atoms with Gasteiger partial charge in [-0.3, -0.25) is 19.6 Å². The highest BCUT2D eigenvalue weighted by atomic mass is 31.2. The Kier molecular flexibility index (Phi) is 3.09. The van der Waals surface area contributed by atoms with Gasteiger partial charge in [0, 0.05) is 0 Å². The summed E-state index contributed by atoms with van der Waals surface area (Å²) in [6.45, 7) is 1.43. The summed E-state index contributed by atoms with van der Waals surface area (Å²) in [6, 6.07) is 0. The molecule has 1 aromatic heterocycles. The van der Waals surface area contributed by atoms with Gasteiger partial charge in [-0.15, -0.1) is 0 Å². The van der Waals surface area contributed by atoms with Gasteiger partial charge in [-0.1, -0.05) is 0 Å². The van der Waals surface area contributed by atoms with Crippen LogP contribution in [0, 0.1) is 6.92 Å². The topological polar surface area (TPSA) is 117 Å². The van der Waals surface area contributed by atoms with Crippen molar-refractivity contribution in [1.29, 1.82) is 0 Å². The van der Waals surface area contributed by atoms with Crippen LogP contribution >= 0.6 is 7.82 Å². The zero-order valence-corrected chi connectivity index (χ0v) is 8.51. The van der Waals surface area contributed by atoms with Crippen molar-refractivity contribution >= 4 is 14.1 Å². The second kappa shape index (κ2) is 3.98. The highest BCUT2D eigenvalue weighted by molar-refractivity contribution is 7.46. The molecule has 0 aliphatic heterocycles. The van der Waals surface area contributed by atoms with Crippen LogP contribution in [0.15, 0.2) is 6.20 Å². The van der Waals surface area contributed by atoms with Gasteiger partial charge in [0.25, 0.3) is 0 Å². The number of nitrogens with zero attached hydrogens (tertiary/aromatic N) is 1. The number of hydrogen-bond donors (Lipinski definition) is 3. The first-order valence-electron chi connectivity index (χ1n) is 3.74. The predicted molar refractivity (Wildman–Crippen MR) is 48.7 cm³/mol. The Labute approximate surface area is 84.6 Å². The van der Waals surface area contributed by atoms with Crippen molar-refractivity contribution in [2.24, 2.45) is 0 Å². The number of aryl methyl sites for hydroxylation is 1. The van der Waals surface area contributed by atoms with Gasteiger partial charge in [-0.2, -0.15) is 0 Å². The highest BCUT2D eigenvalue weighted by Gasteiger charge is 2.21. The molecule has 0 radical (unpaired) electrons. The third-order valence-electron chi connectivity index (χ3n) is 1.57. The molecule has 82 valence electrons. The standard InChI is InChI=1S/C7H8NO6P/c1-4-7(10)5(3-9)6(2-8-4)14-15(11,12)13/h2-3,10H,1H3,(H2,11,12,13). The molecule has 0 saturated carbocycles. The van der Waals surface area contributed by atoms with Gasteiger partial charge in [-0.25, -0.2) is 4.57 Å². The summed E-state index contributed by atoms with van der Waals surface area (Å²) in [7, 11) is -4.77. The largest absolute Gasteiger partial charge is 0.524 e. The summed E-state index contributed by atoms with van der Waals surface area (Å²) >= 11 is 0. The smallest absolute Gasteiger partial charge is 0.505 e. The predicted octanol–water partition coefficient (Wildman–Crippen LogP) is 0.380. The number of aromatic hydroxyl groups is 1. The number of phosphoric acid groups is 1. The number of aldehydes is 1. The summed E-state index contributed by atoms with van der Waals surface area (Å²) in [4.78, 5) is 31.2. The van der Waals surface area contributed by atoms with Crippen molar-refractivity contribution in [2.45, 2.75) is 6.92 Å². The van der Waals surface area contributed by atoms with E-state index in [9.17, 15) is 14.5 Å². The van der Waals surface area contributed by atoms with Gasteiger partial charge >= 0.3 is 7.82 Å². The summed E-state index contributed by atoms with van der Waals surface area (Å²) in [5, 5.41) is 9.35. The first-order valence-corrected chi connectivity index (χ1v) is 5.27. The molecule has 0 fully saturated rings. The lowest BCUT2D eigenvalue weighted by atomic mass is 10.2. The molecule has 3 N–H and O–H groups in total. The van der Waals surface area contributed by atoms with Gasteiger partial charge in [0.1, 0.15) is 5.56 Å². The molecular weight excluding hydrogens is 225 g/mol. The van der Waals surface area contributed by atoms with Crippen LogP contribution in [0.3, 0.4) is 0 Å². The molecule has 1 aromatic rings. The Morgan fingerprint density at radius 2 is 2.13 bits per heavy atom. The third-order valence-corrected chi connectivity index (χ3v) is 2.01. The van der Waals surface area contributed by atoms with Gasteiger partial charge < -0.3 is 9.63 Å². The number of phosphoric ester groups is 1. The highest BCUT2D eigenvalue weighted by Crippen LogP contribution is 2.40. The number of carbonyl (C=O) groups is 1. The lowest BCUT2D eigenvalue weighted by Crippen LogP contribution is -1.97. The molecular formula is C7H8NO6P. The zero-order valence-electron chi connectivity index (χ0n) is 7.62. The third kappa shape index (κ3) is 2.76. The second-order valence-electron chi connectivity index (χ2n) is 2.67. The number of rotatable bonds is 3. The van der Waals surface area contributed by atoms with Crippen LogP contribution in [0.4, 0.5) is 0 Å². The van der Waals surface area contributed by atoms with Crippen molar-refractivity contribution in [2.75, 3.05) is 0 Å². The molecule has 0 unspecified atom stereocenters. The fraction of sp³-hybridized carbons (Fsp3) is 0.143. The van der Waals surface area contributed by atoms with Crippen LogP contribution in [-0.4, -0.2) is 26.2 Å². The van der Waals surface area contributed by atoms with E-state index < -0.39 is 19.3 Å². The van der Waals surface area contributed by atoms with Crippen LogP contribution in [0.25, 0.3) is 0 Å². The van der Waals surface area contributed by atoms with E-state index in [-0.39, 0.29) is 17.5 Å². The molecule has 0 spiro atoms. The van der Waals surface area contributed by atoms with E-state index in [4.69, 9.17) is 9.79 Å². The minimum Gasteiger partial charge on any atom is -0.505 e. The quantitative estimate of drug-likeness (QED) is 0.510. The summed E-state index contributed by atoms with van der Waals surface area (Å²) < 4.78 is 14.7. The lowest BCUT2D eigenvalue weighted by Gasteiger charge is -2.10. The van der Waals surface area contributed by atoms with E-state index in [1.165, 1.54) is 6.92 Å². The fourth-order valence-electron chi connectivity index (χ4n) is 0.912. The Morgan fingerprint density at radius 3 is 2.60 bits per heavy atom. The van der Waals surface area contributed by atoms with E-state index in [0.29, 0.717) is 0 Å². The van der Waals surface area contributed by atoms with E-state index in [0.717, 1.165) is 6.20 Å². The van der Waals surface area contributed by atoms with Gasteiger partial charge in [0.2, 0.25) is 0 Å². The maximum absolute atomic E-state index is 10.6. The summed E-state index contributed by atoms with van der Waals surface area (Å²) in [5.74, 6) is -0.919. The first-order chi connectivity index (χ1) is 6.85. The van der Waals surface area contributed by atoms with Gasteiger partial charge in [0.05, 0.1) is 11.9 Å². The summed E-state index contributed by atoms with van der Waals surface area (Å²) in [5.41, 5.74) is -0.180. The Bertz CT molecular complexity index is 439. The average molecular weight is 233 g/mol. The number of carbonyl (C=O) groups excluding carboxylic acids is 1. The molecule has 0 aliphatic rings. The van der Waals surface area contributed by atoms with Crippen LogP contribution in [0.5, 0.6) is 11.5 Å². The van der Waals surface area contributed by atoms with Crippen molar-refractivity contribution < 1.29 is 28.8 Å². The molecule has 8 heteroatoms. The molecule has 0 bridgehead atoms. The SMILES string of the molecule is Cc1ncc(OP(=O)(O)O)c(C=O)c1O. The zero-order chi connectivity index (χ0) is 11.6. The second-order valence-corrected chi connectivity index (χ2v) is 3.83. The first kappa shape index (κ1) is 11.6. The normalized spacial score (nSPS) is 11.1. The van der Waals surface area contributed by atoms with E-state index in [1.54, 1.807) is 0 Å². The lowest BCUT2D eigenvalue weighted by molar-refractivity contribution is 0.111. The van der Waals surface area contributed by atoms with E-state index in [1.807, 2.05) is 0 Å². The summed E-state index contributed by atoms with van der Waals surface area (Å²) in [6.07, 6.45) is 1.19. The molecule has 0 aliphatic carbocycles. The van der Waals surface area contributed by atoms with Gasteiger partial charge in [0.15, 0.2) is 17.8 Å². The minimum absolute atomic E-state index is 0.162. The van der Waals surface area contributed by atoms with Crippen LogP contribution < -0.4 is 4.52 Å². The molecule has 0 saturated heterocycles. The molecule has 0 aromatic carbocycles. The number of hydrogen-bond acceptors (Lipinski definition) is 5. The van der Waals surface area contributed by atoms with Crippen LogP contribution in [-0.2, 0) is 4.57 Å². The monoisotopic (exact) mass is 233 g/mol. The minimum atomic E-state index is -4.77. The molecule has 15 heavy (non-hydrogen) atoms. The number of pyridine rings is 1.